The van der Waals surface area contributed by atoms with Crippen molar-refractivity contribution in [1.29, 1.82) is 0 Å². The number of hydrogen-bond acceptors (Lipinski definition) is 2. The van der Waals surface area contributed by atoms with E-state index in [0.717, 1.165) is 18.9 Å². The maximum absolute atomic E-state index is 9.01. The van der Waals surface area contributed by atoms with Gasteiger partial charge < -0.3 is 5.11 Å². The molecule has 1 unspecified atom stereocenters. The lowest BCUT2D eigenvalue weighted by molar-refractivity contribution is 0.0877. The summed E-state index contributed by atoms with van der Waals surface area (Å²) in [4.78, 5) is 0. The summed E-state index contributed by atoms with van der Waals surface area (Å²) in [5, 5.41) is 12.0. The average molecular weight is 129 g/mol. The van der Waals surface area contributed by atoms with E-state index in [4.69, 9.17) is 5.11 Å². The molecule has 2 heteroatoms. The summed E-state index contributed by atoms with van der Waals surface area (Å²) in [7, 11) is 0. The van der Waals surface area contributed by atoms with Gasteiger partial charge in [-0.3, -0.25) is 5.32 Å². The van der Waals surface area contributed by atoms with Crippen molar-refractivity contribution in [1.82, 2.24) is 5.32 Å². The molecule has 1 aliphatic heterocycles. The Morgan fingerprint density at radius 2 is 2.33 bits per heavy atom. The SMILES string of the molecule is CCC1CC[C@H](O)NC1. The standard InChI is InChI=1S/C7H15NO/c1-2-6-3-4-7(9)8-5-6/h6-9H,2-5H2,1H3/t6?,7-/m0/s1. The molecule has 0 aromatic carbocycles. The average Bonchev–Trinajstić information content (AvgIpc) is 1.90. The number of rotatable bonds is 1. The van der Waals surface area contributed by atoms with Gasteiger partial charge in [0.25, 0.3) is 0 Å². The fourth-order valence-corrected chi connectivity index (χ4v) is 1.25. The van der Waals surface area contributed by atoms with Crippen LogP contribution in [-0.2, 0) is 0 Å². The quantitative estimate of drug-likeness (QED) is 0.546. The smallest absolute Gasteiger partial charge is 0.104 e. The molecule has 2 nitrogen and oxygen atoms in total. The summed E-state index contributed by atoms with van der Waals surface area (Å²) < 4.78 is 0. The van der Waals surface area contributed by atoms with E-state index in [1.807, 2.05) is 0 Å². The highest BCUT2D eigenvalue weighted by Gasteiger charge is 2.15. The van der Waals surface area contributed by atoms with Crippen LogP contribution in [0.4, 0.5) is 0 Å². The summed E-state index contributed by atoms with van der Waals surface area (Å²) >= 11 is 0. The molecule has 0 aliphatic carbocycles. The molecule has 2 N–H and O–H groups in total. The molecule has 0 aromatic heterocycles. The Balaban J connectivity index is 2.18. The van der Waals surface area contributed by atoms with Crippen molar-refractivity contribution in [3.05, 3.63) is 0 Å². The van der Waals surface area contributed by atoms with Crippen molar-refractivity contribution in [2.24, 2.45) is 5.92 Å². The largest absolute Gasteiger partial charge is 0.379 e. The molecule has 0 amide bonds. The van der Waals surface area contributed by atoms with Crippen LogP contribution in [0.1, 0.15) is 26.2 Å². The van der Waals surface area contributed by atoms with E-state index in [2.05, 4.69) is 12.2 Å². The van der Waals surface area contributed by atoms with E-state index in [1.165, 1.54) is 12.8 Å². The Morgan fingerprint density at radius 3 is 2.78 bits per heavy atom. The van der Waals surface area contributed by atoms with Crippen molar-refractivity contribution in [3.8, 4) is 0 Å². The molecule has 1 heterocycles. The Bertz CT molecular complexity index is 77.0. The van der Waals surface area contributed by atoms with Crippen LogP contribution in [0, 0.1) is 5.92 Å². The maximum atomic E-state index is 9.01. The van der Waals surface area contributed by atoms with Gasteiger partial charge in [0, 0.05) is 6.54 Å². The normalized spacial score (nSPS) is 36.7. The zero-order chi connectivity index (χ0) is 6.69. The first-order valence-corrected chi connectivity index (χ1v) is 3.74. The van der Waals surface area contributed by atoms with Crippen LogP contribution in [0.5, 0.6) is 0 Å². The third-order valence-electron chi connectivity index (χ3n) is 2.07. The molecule has 0 spiro atoms. The van der Waals surface area contributed by atoms with Gasteiger partial charge in [-0.25, -0.2) is 0 Å². The third kappa shape index (κ3) is 1.95. The molecule has 1 fully saturated rings. The second-order valence-corrected chi connectivity index (χ2v) is 2.78. The van der Waals surface area contributed by atoms with E-state index in [-0.39, 0.29) is 6.23 Å². The zero-order valence-corrected chi connectivity index (χ0v) is 5.93. The molecule has 0 aromatic rings. The lowest BCUT2D eigenvalue weighted by atomic mass is 9.96. The van der Waals surface area contributed by atoms with Gasteiger partial charge in [0.15, 0.2) is 0 Å². The Labute approximate surface area is 56.3 Å². The summed E-state index contributed by atoms with van der Waals surface area (Å²) in [6.45, 7) is 3.20. The second kappa shape index (κ2) is 3.18. The number of piperidine rings is 1. The minimum Gasteiger partial charge on any atom is -0.379 e. The molecule has 1 saturated heterocycles. The highest BCUT2D eigenvalue weighted by Crippen LogP contribution is 2.15. The van der Waals surface area contributed by atoms with E-state index in [1.54, 1.807) is 0 Å². The summed E-state index contributed by atoms with van der Waals surface area (Å²) in [6, 6.07) is 0. The van der Waals surface area contributed by atoms with Gasteiger partial charge in [-0.05, 0) is 18.8 Å². The lowest BCUT2D eigenvalue weighted by Gasteiger charge is -2.25. The first kappa shape index (κ1) is 7.03. The van der Waals surface area contributed by atoms with Crippen LogP contribution in [0.3, 0.4) is 0 Å². The number of nitrogens with one attached hydrogen (secondary N) is 1. The Hall–Kier alpha value is -0.0800. The molecule has 9 heavy (non-hydrogen) atoms. The maximum Gasteiger partial charge on any atom is 0.104 e. The monoisotopic (exact) mass is 129 g/mol. The molecular formula is C7H15NO. The number of aliphatic hydroxyl groups is 1. The molecule has 1 aliphatic rings. The van der Waals surface area contributed by atoms with Crippen LogP contribution in [0.15, 0.2) is 0 Å². The minimum absolute atomic E-state index is 0.229. The predicted octanol–water partition coefficient (Wildman–Crippen LogP) is 0.714. The van der Waals surface area contributed by atoms with E-state index in [9.17, 15) is 0 Å². The first-order valence-electron chi connectivity index (χ1n) is 3.74. The fourth-order valence-electron chi connectivity index (χ4n) is 1.25. The first-order chi connectivity index (χ1) is 4.33. The Kier molecular flexibility index (Phi) is 2.49. The topological polar surface area (TPSA) is 32.3 Å². The van der Waals surface area contributed by atoms with E-state index in [0.29, 0.717) is 0 Å². The summed E-state index contributed by atoms with van der Waals surface area (Å²) in [6.07, 6.45) is 3.12. The van der Waals surface area contributed by atoms with Gasteiger partial charge in [-0.1, -0.05) is 13.3 Å². The van der Waals surface area contributed by atoms with Crippen LogP contribution in [0.2, 0.25) is 0 Å². The Morgan fingerprint density at radius 1 is 1.56 bits per heavy atom. The minimum atomic E-state index is -0.229. The highest BCUT2D eigenvalue weighted by atomic mass is 16.3. The van der Waals surface area contributed by atoms with Crippen LogP contribution in [-0.4, -0.2) is 17.9 Å². The predicted molar refractivity (Wildman–Crippen MR) is 37.0 cm³/mol. The number of aliphatic hydroxyl groups excluding tert-OH is 1. The molecule has 54 valence electrons. The van der Waals surface area contributed by atoms with Crippen molar-refractivity contribution >= 4 is 0 Å². The number of hydrogen-bond donors (Lipinski definition) is 2. The van der Waals surface area contributed by atoms with Crippen molar-refractivity contribution in [2.45, 2.75) is 32.4 Å². The third-order valence-corrected chi connectivity index (χ3v) is 2.07. The van der Waals surface area contributed by atoms with Gasteiger partial charge in [-0.2, -0.15) is 0 Å². The summed E-state index contributed by atoms with van der Waals surface area (Å²) in [5.41, 5.74) is 0. The molecule has 1 rings (SSSR count). The zero-order valence-electron chi connectivity index (χ0n) is 5.93. The molecule has 0 radical (unpaired) electrons. The summed E-state index contributed by atoms with van der Waals surface area (Å²) in [5.74, 6) is 0.799. The molecule has 0 saturated carbocycles. The van der Waals surface area contributed by atoms with Gasteiger partial charge in [-0.15, -0.1) is 0 Å². The van der Waals surface area contributed by atoms with Gasteiger partial charge in [0.05, 0.1) is 0 Å². The van der Waals surface area contributed by atoms with Crippen LogP contribution < -0.4 is 5.32 Å². The van der Waals surface area contributed by atoms with Crippen LogP contribution in [0.25, 0.3) is 0 Å². The van der Waals surface area contributed by atoms with Crippen LogP contribution >= 0.6 is 0 Å². The molecule has 0 bridgehead atoms. The fraction of sp³-hybridized carbons (Fsp3) is 1.00. The van der Waals surface area contributed by atoms with E-state index >= 15 is 0 Å². The van der Waals surface area contributed by atoms with Gasteiger partial charge in [0.1, 0.15) is 6.23 Å². The molecular weight excluding hydrogens is 114 g/mol. The van der Waals surface area contributed by atoms with Crippen molar-refractivity contribution in [2.75, 3.05) is 6.54 Å². The van der Waals surface area contributed by atoms with Crippen molar-refractivity contribution < 1.29 is 5.11 Å². The van der Waals surface area contributed by atoms with Gasteiger partial charge >= 0.3 is 0 Å². The molecule has 2 atom stereocenters. The second-order valence-electron chi connectivity index (χ2n) is 2.78. The van der Waals surface area contributed by atoms with Gasteiger partial charge in [0.2, 0.25) is 0 Å². The van der Waals surface area contributed by atoms with Crippen molar-refractivity contribution in [3.63, 3.8) is 0 Å². The van der Waals surface area contributed by atoms with E-state index < -0.39 is 0 Å². The highest BCUT2D eigenvalue weighted by molar-refractivity contribution is 4.69. The lowest BCUT2D eigenvalue weighted by Crippen LogP contribution is -2.38.